The van der Waals surface area contributed by atoms with Gasteiger partial charge in [-0.2, -0.15) is 9.82 Å². The molecule has 1 rings (SSSR count). The van der Waals surface area contributed by atoms with Crippen molar-refractivity contribution < 1.29 is 33.0 Å². The minimum absolute atomic E-state index is 0.589. The zero-order valence-corrected chi connectivity index (χ0v) is 10.5. The van der Waals surface area contributed by atoms with Crippen LogP contribution < -0.4 is 4.72 Å². The minimum Gasteiger partial charge on any atom is -0.478 e. The Hall–Kier alpha value is -1.98. The van der Waals surface area contributed by atoms with Crippen molar-refractivity contribution >= 4 is 22.0 Å². The zero-order chi connectivity index (χ0) is 14.6. The molecule has 0 spiro atoms. The molecular formula is C8H11N3O7S. The van der Waals surface area contributed by atoms with Crippen molar-refractivity contribution in [3.8, 4) is 0 Å². The average Bonchev–Trinajstić information content (AvgIpc) is 2.85. The number of aromatic nitrogens is 2. The molecule has 1 atom stereocenters. The maximum Gasteiger partial charge on any atom is 0.340 e. The van der Waals surface area contributed by atoms with Gasteiger partial charge in [0.15, 0.2) is 5.03 Å². The van der Waals surface area contributed by atoms with Gasteiger partial charge in [-0.25, -0.2) is 13.2 Å². The summed E-state index contributed by atoms with van der Waals surface area (Å²) in [6.45, 7) is -0.845. The number of carboxylic acids is 1. The molecule has 0 radical (unpaired) electrons. The first-order valence-electron chi connectivity index (χ1n) is 4.81. The lowest BCUT2D eigenvalue weighted by atomic mass is 10.3. The maximum atomic E-state index is 11.8. The molecule has 0 saturated carbocycles. The third-order valence-corrected chi connectivity index (χ3v) is 3.51. The van der Waals surface area contributed by atoms with Gasteiger partial charge in [-0.1, -0.05) is 0 Å². The van der Waals surface area contributed by atoms with E-state index in [1.807, 2.05) is 5.10 Å². The van der Waals surface area contributed by atoms with Gasteiger partial charge in [-0.15, -0.1) is 0 Å². The number of H-pyrrole nitrogens is 1. The number of hydrogen-bond acceptors (Lipinski definition) is 7. The van der Waals surface area contributed by atoms with Crippen LogP contribution in [0.1, 0.15) is 10.4 Å². The van der Waals surface area contributed by atoms with Crippen LogP contribution in [0.4, 0.5) is 0 Å². The number of nitrogens with one attached hydrogen (secondary N) is 2. The van der Waals surface area contributed by atoms with Gasteiger partial charge < -0.3 is 14.9 Å². The zero-order valence-electron chi connectivity index (χ0n) is 9.65. The van der Waals surface area contributed by atoms with Crippen LogP contribution in [-0.4, -0.2) is 60.5 Å². The molecule has 10 nitrogen and oxygen atoms in total. The number of ether oxygens (including phenoxy) is 1. The van der Waals surface area contributed by atoms with E-state index in [9.17, 15) is 18.0 Å². The van der Waals surface area contributed by atoms with Crippen LogP contribution in [0.2, 0.25) is 0 Å². The van der Waals surface area contributed by atoms with E-state index in [0.717, 1.165) is 13.3 Å². The number of carbonyl (C=O) groups is 2. The molecular weight excluding hydrogens is 282 g/mol. The van der Waals surface area contributed by atoms with E-state index in [1.54, 1.807) is 4.72 Å². The van der Waals surface area contributed by atoms with E-state index in [0.29, 0.717) is 0 Å². The molecule has 0 fully saturated rings. The number of nitrogens with zero attached hydrogens (tertiary/aromatic N) is 1. The highest BCUT2D eigenvalue weighted by Crippen LogP contribution is 2.12. The van der Waals surface area contributed by atoms with Crippen LogP contribution in [0.25, 0.3) is 0 Å². The number of hydrogen-bond donors (Lipinski definition) is 4. The number of carboxylic acid groups (broad SMARTS) is 1. The highest BCUT2D eigenvalue weighted by molar-refractivity contribution is 7.89. The number of carbonyl (C=O) groups excluding carboxylic acids is 1. The van der Waals surface area contributed by atoms with Crippen molar-refractivity contribution in [2.75, 3.05) is 13.7 Å². The predicted molar refractivity (Wildman–Crippen MR) is 58.8 cm³/mol. The molecule has 1 unspecified atom stereocenters. The van der Waals surface area contributed by atoms with Crippen LogP contribution in [0.15, 0.2) is 11.2 Å². The van der Waals surface area contributed by atoms with Gasteiger partial charge in [-0.05, 0) is 0 Å². The molecule has 0 aliphatic heterocycles. The van der Waals surface area contributed by atoms with Crippen LogP contribution >= 0.6 is 0 Å². The number of rotatable bonds is 6. The molecule has 0 bridgehead atoms. The van der Waals surface area contributed by atoms with Gasteiger partial charge >= 0.3 is 11.9 Å². The fraction of sp³-hybridized carbons (Fsp3) is 0.375. The lowest BCUT2D eigenvalue weighted by molar-refractivity contribution is -0.143. The fourth-order valence-electron chi connectivity index (χ4n) is 1.18. The van der Waals surface area contributed by atoms with Gasteiger partial charge in [0.05, 0.1) is 19.9 Å². The highest BCUT2D eigenvalue weighted by Gasteiger charge is 2.30. The Morgan fingerprint density at radius 1 is 1.58 bits per heavy atom. The Labute approximate surface area is 107 Å². The summed E-state index contributed by atoms with van der Waals surface area (Å²) in [7, 11) is -3.36. The van der Waals surface area contributed by atoms with Crippen LogP contribution in [0.3, 0.4) is 0 Å². The number of aromatic carboxylic acids is 1. The van der Waals surface area contributed by atoms with Crippen LogP contribution in [0, 0.1) is 0 Å². The molecule has 1 aromatic rings. The van der Waals surface area contributed by atoms with E-state index in [-0.39, 0.29) is 0 Å². The first kappa shape index (κ1) is 15.1. The molecule has 1 aromatic heterocycles. The van der Waals surface area contributed by atoms with E-state index in [1.165, 1.54) is 0 Å². The molecule has 0 amide bonds. The lowest BCUT2D eigenvalue weighted by Gasteiger charge is -2.13. The lowest BCUT2D eigenvalue weighted by Crippen LogP contribution is -2.44. The number of esters is 1. The van der Waals surface area contributed by atoms with Crippen molar-refractivity contribution in [1.82, 2.24) is 14.9 Å². The number of aliphatic hydroxyl groups excluding tert-OH is 1. The predicted octanol–water partition coefficient (Wildman–Crippen LogP) is -2.08. The third kappa shape index (κ3) is 3.27. The first-order chi connectivity index (χ1) is 8.83. The Balaban J connectivity index is 3.07. The SMILES string of the molecule is COC(=O)C(CO)NS(=O)(=O)c1[nH]ncc1C(=O)O. The third-order valence-electron chi connectivity index (χ3n) is 2.07. The molecule has 1 heterocycles. The standard InChI is InChI=1S/C8H11N3O7S/c1-18-8(15)5(3-12)11-19(16,17)6-4(7(13)14)2-9-10-6/h2,5,11-12H,3H2,1H3,(H,9,10)(H,13,14). The Morgan fingerprint density at radius 2 is 2.21 bits per heavy atom. The quantitative estimate of drug-likeness (QED) is 0.435. The van der Waals surface area contributed by atoms with Gasteiger partial charge in [0.2, 0.25) is 0 Å². The van der Waals surface area contributed by atoms with Crippen LogP contribution in [0.5, 0.6) is 0 Å². The van der Waals surface area contributed by atoms with Crippen molar-refractivity contribution in [3.05, 3.63) is 11.8 Å². The second-order valence-corrected chi connectivity index (χ2v) is 4.95. The van der Waals surface area contributed by atoms with E-state index in [4.69, 9.17) is 10.2 Å². The van der Waals surface area contributed by atoms with Crippen molar-refractivity contribution in [2.45, 2.75) is 11.1 Å². The number of sulfonamides is 1. The highest BCUT2D eigenvalue weighted by atomic mass is 32.2. The van der Waals surface area contributed by atoms with Gasteiger partial charge in [0, 0.05) is 0 Å². The molecule has 0 aliphatic carbocycles. The second kappa shape index (κ2) is 5.77. The summed E-state index contributed by atoms with van der Waals surface area (Å²) < 4.78 is 29.8. The fourth-order valence-corrected chi connectivity index (χ4v) is 2.45. The summed E-state index contributed by atoms with van der Waals surface area (Å²) >= 11 is 0. The van der Waals surface area contributed by atoms with Crippen molar-refractivity contribution in [3.63, 3.8) is 0 Å². The largest absolute Gasteiger partial charge is 0.478 e. The summed E-state index contributed by atoms with van der Waals surface area (Å²) in [5.74, 6) is -2.52. The molecule has 4 N–H and O–H groups in total. The summed E-state index contributed by atoms with van der Waals surface area (Å²) in [5.41, 5.74) is -0.589. The number of methoxy groups -OCH3 is 1. The van der Waals surface area contributed by atoms with E-state index >= 15 is 0 Å². The normalized spacial score (nSPS) is 12.9. The Morgan fingerprint density at radius 3 is 2.68 bits per heavy atom. The van der Waals surface area contributed by atoms with Crippen molar-refractivity contribution in [1.29, 1.82) is 0 Å². The number of aliphatic hydroxyl groups is 1. The minimum atomic E-state index is -4.37. The van der Waals surface area contributed by atoms with Crippen LogP contribution in [-0.2, 0) is 19.6 Å². The molecule has 0 aromatic carbocycles. The summed E-state index contributed by atoms with van der Waals surface area (Å²) in [4.78, 5) is 21.9. The van der Waals surface area contributed by atoms with Gasteiger partial charge in [0.1, 0.15) is 11.6 Å². The smallest absolute Gasteiger partial charge is 0.340 e. The molecule has 0 aliphatic rings. The Kier molecular flexibility index (Phi) is 4.58. The maximum absolute atomic E-state index is 11.8. The molecule has 11 heteroatoms. The first-order valence-corrected chi connectivity index (χ1v) is 6.29. The Bertz CT molecular complexity index is 579. The summed E-state index contributed by atoms with van der Waals surface area (Å²) in [6.07, 6.45) is 0.809. The van der Waals surface area contributed by atoms with Gasteiger partial charge in [0.25, 0.3) is 10.0 Å². The van der Waals surface area contributed by atoms with E-state index in [2.05, 4.69) is 9.84 Å². The van der Waals surface area contributed by atoms with Crippen molar-refractivity contribution in [2.24, 2.45) is 0 Å². The second-order valence-electron chi connectivity index (χ2n) is 3.30. The molecule has 0 saturated heterocycles. The average molecular weight is 293 g/mol. The summed E-state index contributed by atoms with van der Waals surface area (Å²) in [5, 5.41) is 22.3. The van der Waals surface area contributed by atoms with Gasteiger partial charge in [-0.3, -0.25) is 9.89 Å². The molecule has 19 heavy (non-hydrogen) atoms. The monoisotopic (exact) mass is 293 g/mol. The molecule has 106 valence electrons. The number of aromatic amines is 1. The van der Waals surface area contributed by atoms with E-state index < -0.39 is 45.2 Å². The topological polar surface area (TPSA) is 159 Å². The summed E-state index contributed by atoms with van der Waals surface area (Å²) in [6, 6.07) is -1.54.